The number of nitrogens with zero attached hydrogens (tertiary/aromatic N) is 2. The summed E-state index contributed by atoms with van der Waals surface area (Å²) in [6.45, 7) is 12.2. The summed E-state index contributed by atoms with van der Waals surface area (Å²) >= 11 is 0. The maximum atomic E-state index is 14.0. The Morgan fingerprint density at radius 1 is 0.733 bits per heavy atom. The molecular weight excluding hydrogens is 554 g/mol. The second-order valence-electron chi connectivity index (χ2n) is 12.6. The summed E-state index contributed by atoms with van der Waals surface area (Å²) < 4.78 is 1.96. The molecule has 0 bridgehead atoms. The van der Waals surface area contributed by atoms with E-state index in [9.17, 15) is 9.59 Å². The van der Waals surface area contributed by atoms with Crippen molar-refractivity contribution in [2.45, 2.75) is 97.9 Å². The lowest BCUT2D eigenvalue weighted by atomic mass is 10.00. The number of pyridine rings is 1. The van der Waals surface area contributed by atoms with Gasteiger partial charge in [0.05, 0.1) is 5.69 Å². The third-order valence-electron chi connectivity index (χ3n) is 8.70. The second kappa shape index (κ2) is 17.7. The van der Waals surface area contributed by atoms with Crippen LogP contribution in [0.25, 0.3) is 5.52 Å². The molecule has 2 heterocycles. The number of aromatic nitrogens is 1. The van der Waals surface area contributed by atoms with Crippen molar-refractivity contribution in [2.75, 3.05) is 19.6 Å². The molecule has 1 atom stereocenters. The number of rotatable bonds is 19. The number of hydrogen-bond acceptors (Lipinski definition) is 3. The van der Waals surface area contributed by atoms with E-state index >= 15 is 0 Å². The van der Waals surface area contributed by atoms with Crippen molar-refractivity contribution in [3.8, 4) is 0 Å². The first-order valence-corrected chi connectivity index (χ1v) is 17.3. The quantitative estimate of drug-likeness (QED) is 0.109. The molecule has 4 aromatic rings. The van der Waals surface area contributed by atoms with Gasteiger partial charge in [0.15, 0.2) is 0 Å². The number of hydrogen-bond donors (Lipinski definition) is 1. The molecule has 2 aromatic carbocycles. The Morgan fingerprint density at radius 2 is 1.40 bits per heavy atom. The minimum absolute atomic E-state index is 0.00388. The van der Waals surface area contributed by atoms with Gasteiger partial charge in [0.2, 0.25) is 5.78 Å². The molecule has 4 rings (SSSR count). The van der Waals surface area contributed by atoms with Gasteiger partial charge in [0, 0.05) is 28.9 Å². The van der Waals surface area contributed by atoms with Crippen molar-refractivity contribution in [3.05, 3.63) is 113 Å². The third-order valence-corrected chi connectivity index (χ3v) is 8.70. The van der Waals surface area contributed by atoms with Crippen molar-refractivity contribution in [1.29, 1.82) is 0 Å². The molecule has 0 fully saturated rings. The van der Waals surface area contributed by atoms with Gasteiger partial charge < -0.3 is 14.6 Å². The Labute approximate surface area is 271 Å². The number of carbonyl (C=O) groups is 2. The Morgan fingerprint density at radius 3 is 2.07 bits per heavy atom. The Balaban J connectivity index is 1.45. The lowest BCUT2D eigenvalue weighted by Crippen LogP contribution is -2.34. The van der Waals surface area contributed by atoms with Crippen LogP contribution in [0.2, 0.25) is 0 Å². The molecule has 0 aliphatic rings. The second-order valence-corrected chi connectivity index (χ2v) is 12.6. The van der Waals surface area contributed by atoms with Gasteiger partial charge >= 0.3 is 0 Å². The van der Waals surface area contributed by atoms with Crippen LogP contribution in [0, 0.1) is 0 Å². The van der Waals surface area contributed by atoms with Crippen molar-refractivity contribution in [3.63, 3.8) is 0 Å². The van der Waals surface area contributed by atoms with Crippen LogP contribution in [-0.2, 0) is 19.3 Å². The smallest absolute Gasteiger partial charge is 0.251 e. The maximum Gasteiger partial charge on any atom is 0.251 e. The van der Waals surface area contributed by atoms with Crippen molar-refractivity contribution < 1.29 is 9.59 Å². The molecule has 0 aliphatic heterocycles. The van der Waals surface area contributed by atoms with Crippen molar-refractivity contribution in [2.24, 2.45) is 0 Å². The molecule has 1 N–H and O–H groups in total. The zero-order valence-corrected chi connectivity index (χ0v) is 28.0. The highest BCUT2D eigenvalue weighted by atomic mass is 16.1. The van der Waals surface area contributed by atoms with Gasteiger partial charge in [-0.05, 0) is 106 Å². The number of ketones is 1. The summed E-state index contributed by atoms with van der Waals surface area (Å²) in [6, 6.07) is 24.2. The van der Waals surface area contributed by atoms with Crippen LogP contribution >= 0.6 is 0 Å². The highest BCUT2D eigenvalue weighted by molar-refractivity contribution is 6.10. The number of amides is 1. The molecular formula is C40H53N3O2. The van der Waals surface area contributed by atoms with Crippen LogP contribution in [0.15, 0.2) is 79.0 Å². The van der Waals surface area contributed by atoms with Crippen molar-refractivity contribution >= 4 is 17.2 Å². The third kappa shape index (κ3) is 9.89. The normalized spacial score (nSPS) is 12.1. The average Bonchev–Trinajstić information content (AvgIpc) is 3.42. The van der Waals surface area contributed by atoms with Gasteiger partial charge in [-0.25, -0.2) is 0 Å². The van der Waals surface area contributed by atoms with E-state index in [1.165, 1.54) is 49.9 Å². The Hall–Kier alpha value is -3.70. The molecule has 240 valence electrons. The van der Waals surface area contributed by atoms with Crippen LogP contribution in [0.3, 0.4) is 0 Å². The summed E-state index contributed by atoms with van der Waals surface area (Å²) in [5, 5.41) is 3.14. The van der Waals surface area contributed by atoms with E-state index in [4.69, 9.17) is 0 Å². The zero-order chi connectivity index (χ0) is 32.0. The average molecular weight is 608 g/mol. The topological polar surface area (TPSA) is 53.8 Å². The molecule has 45 heavy (non-hydrogen) atoms. The first-order chi connectivity index (χ1) is 21.9. The minimum Gasteiger partial charge on any atom is -0.349 e. The van der Waals surface area contributed by atoms with E-state index in [1.54, 1.807) is 0 Å². The van der Waals surface area contributed by atoms with Crippen molar-refractivity contribution in [1.82, 2.24) is 14.6 Å². The van der Waals surface area contributed by atoms with E-state index in [1.807, 2.05) is 60.0 Å². The van der Waals surface area contributed by atoms with Crippen LogP contribution in [0.4, 0.5) is 0 Å². The standard InChI is InChI=1S/C40H53N3O2/c1-5-8-18-35-29-37-30-36(40(45)41-31(4)28-33-15-12-11-13-16-33)23-27-43(37)38(35)39(44)34-21-19-32(20-22-34)17-14-26-42(24-9-6-2)25-10-7-3/h11-13,15-16,19-23,27,29-31H,5-10,14,17-18,24-26,28H2,1-4H3,(H,41,45). The molecule has 0 spiro atoms. The molecule has 5 nitrogen and oxygen atoms in total. The largest absolute Gasteiger partial charge is 0.349 e. The van der Waals surface area contributed by atoms with E-state index in [-0.39, 0.29) is 17.7 Å². The first-order valence-electron chi connectivity index (χ1n) is 17.3. The monoisotopic (exact) mass is 607 g/mol. The first kappa shape index (κ1) is 34.2. The molecule has 5 heteroatoms. The fourth-order valence-electron chi connectivity index (χ4n) is 6.08. The number of benzene rings is 2. The lowest BCUT2D eigenvalue weighted by molar-refractivity contribution is 0.0939. The lowest BCUT2D eigenvalue weighted by Gasteiger charge is -2.21. The summed E-state index contributed by atoms with van der Waals surface area (Å²) in [5.74, 6) is -0.0637. The molecule has 1 amide bonds. The highest BCUT2D eigenvalue weighted by Crippen LogP contribution is 2.24. The zero-order valence-electron chi connectivity index (χ0n) is 28.0. The molecule has 0 radical (unpaired) electrons. The van der Waals surface area contributed by atoms with E-state index in [0.29, 0.717) is 16.8 Å². The van der Waals surface area contributed by atoms with Crippen LogP contribution in [0.1, 0.15) is 116 Å². The van der Waals surface area contributed by atoms with Gasteiger partial charge in [-0.15, -0.1) is 0 Å². The number of fused-ring (bicyclic) bond motifs is 1. The number of carbonyl (C=O) groups excluding carboxylic acids is 2. The SMILES string of the molecule is CCCCc1cc2cc(C(=O)NC(C)Cc3ccccc3)ccn2c1C(=O)c1ccc(CCCN(CCCC)CCCC)cc1. The minimum atomic E-state index is -0.0976. The fourth-order valence-corrected chi connectivity index (χ4v) is 6.08. The molecule has 0 aliphatic carbocycles. The Kier molecular flexibility index (Phi) is 13.4. The van der Waals surface area contributed by atoms with E-state index < -0.39 is 0 Å². The van der Waals surface area contributed by atoms with Gasteiger partial charge in [-0.1, -0.05) is 94.6 Å². The van der Waals surface area contributed by atoms with E-state index in [0.717, 1.165) is 56.1 Å². The summed E-state index contributed by atoms with van der Waals surface area (Å²) in [4.78, 5) is 29.7. The van der Waals surface area contributed by atoms with E-state index in [2.05, 4.69) is 61.3 Å². The van der Waals surface area contributed by atoms with Gasteiger partial charge in [0.25, 0.3) is 5.91 Å². The van der Waals surface area contributed by atoms with Crippen LogP contribution < -0.4 is 5.32 Å². The predicted octanol–water partition coefficient (Wildman–Crippen LogP) is 8.71. The number of unbranched alkanes of at least 4 members (excludes halogenated alkanes) is 3. The number of aryl methyl sites for hydroxylation is 2. The maximum absolute atomic E-state index is 14.0. The molecule has 2 aromatic heterocycles. The van der Waals surface area contributed by atoms with Gasteiger partial charge in [-0.2, -0.15) is 0 Å². The summed E-state index contributed by atoms with van der Waals surface area (Å²) in [5.41, 5.74) is 6.41. The van der Waals surface area contributed by atoms with Crippen LogP contribution in [-0.4, -0.2) is 46.7 Å². The fraction of sp³-hybridized carbons (Fsp3) is 0.450. The number of nitrogens with one attached hydrogen (secondary N) is 1. The molecule has 0 saturated carbocycles. The summed E-state index contributed by atoms with van der Waals surface area (Å²) in [6.07, 6.45) is 12.7. The van der Waals surface area contributed by atoms with Gasteiger partial charge in [-0.3, -0.25) is 9.59 Å². The highest BCUT2D eigenvalue weighted by Gasteiger charge is 2.20. The predicted molar refractivity (Wildman–Crippen MR) is 188 cm³/mol. The van der Waals surface area contributed by atoms with Gasteiger partial charge in [0.1, 0.15) is 0 Å². The summed E-state index contributed by atoms with van der Waals surface area (Å²) in [7, 11) is 0. The Bertz CT molecular complexity index is 1480. The van der Waals surface area contributed by atoms with Crippen LogP contribution in [0.5, 0.6) is 0 Å². The molecule has 1 unspecified atom stereocenters. The molecule has 0 saturated heterocycles.